The molecule has 3 aromatic carbocycles. The van der Waals surface area contributed by atoms with Crippen LogP contribution in [0.4, 0.5) is 11.5 Å². The first-order valence-electron chi connectivity index (χ1n) is 11.5. The Morgan fingerprint density at radius 1 is 0.943 bits per heavy atom. The summed E-state index contributed by atoms with van der Waals surface area (Å²) in [6.07, 6.45) is 0.717. The summed E-state index contributed by atoms with van der Waals surface area (Å²) in [7, 11) is 1.68. The number of aromatic nitrogens is 2. The third-order valence-electron chi connectivity index (χ3n) is 6.22. The van der Waals surface area contributed by atoms with Crippen LogP contribution in [0.5, 0.6) is 5.75 Å². The van der Waals surface area contributed by atoms with Gasteiger partial charge < -0.3 is 19.9 Å². The van der Waals surface area contributed by atoms with Crippen molar-refractivity contribution in [1.29, 1.82) is 0 Å². The Labute approximate surface area is 215 Å². The third kappa shape index (κ3) is 5.31. The van der Waals surface area contributed by atoms with Crippen molar-refractivity contribution in [1.82, 2.24) is 15.1 Å². The normalized spacial score (nSPS) is 13.7. The number of fused-ring (bicyclic) bond motifs is 1. The van der Waals surface area contributed by atoms with E-state index in [2.05, 4.69) is 61.7 Å². The molecule has 0 bridgehead atoms. The second-order valence-corrected chi connectivity index (χ2v) is 9.28. The molecule has 1 N–H and O–H groups in total. The number of ether oxygens (including phenoxy) is 1. The van der Waals surface area contributed by atoms with Crippen LogP contribution in [-0.4, -0.2) is 53.5 Å². The number of thiocarbonyl (C=S) groups is 1. The van der Waals surface area contributed by atoms with Gasteiger partial charge in [-0.15, -0.1) is 5.10 Å². The van der Waals surface area contributed by atoms with Gasteiger partial charge in [-0.2, -0.15) is 5.10 Å². The Morgan fingerprint density at radius 2 is 1.69 bits per heavy atom. The highest BCUT2D eigenvalue weighted by Crippen LogP contribution is 2.28. The Hall–Kier alpha value is -3.42. The number of hydrogen-bond donors (Lipinski definition) is 1. The molecule has 35 heavy (non-hydrogen) atoms. The van der Waals surface area contributed by atoms with E-state index in [1.807, 2.05) is 36.4 Å². The first-order valence-corrected chi connectivity index (χ1v) is 12.3. The topological polar surface area (TPSA) is 53.5 Å². The third-order valence-corrected chi connectivity index (χ3v) is 6.81. The van der Waals surface area contributed by atoms with E-state index in [1.54, 1.807) is 7.11 Å². The predicted octanol–water partition coefficient (Wildman–Crippen LogP) is 5.40. The maximum absolute atomic E-state index is 6.10. The van der Waals surface area contributed by atoms with Gasteiger partial charge in [-0.05, 0) is 48.1 Å². The Morgan fingerprint density at radius 3 is 2.40 bits per heavy atom. The standard InChI is InChI=1S/C27H26ClN5OS/c1-34-22-11-9-19(10-12-22)17-25-23-7-2-3-8-24(23)26(31-30-25)32-13-15-33(16-14-32)27(35)29-21-6-4-5-20(28)18-21/h2-12,18H,13-17H2,1H3,(H,29,35). The van der Waals surface area contributed by atoms with Crippen molar-refractivity contribution in [2.45, 2.75) is 6.42 Å². The number of hydrogen-bond acceptors (Lipinski definition) is 5. The van der Waals surface area contributed by atoms with Gasteiger partial charge in [0.25, 0.3) is 0 Å². The van der Waals surface area contributed by atoms with Crippen molar-refractivity contribution in [3.8, 4) is 5.75 Å². The van der Waals surface area contributed by atoms with E-state index in [9.17, 15) is 0 Å². The van der Waals surface area contributed by atoms with Gasteiger partial charge in [-0.3, -0.25) is 0 Å². The van der Waals surface area contributed by atoms with E-state index in [0.29, 0.717) is 10.1 Å². The van der Waals surface area contributed by atoms with Gasteiger partial charge in [0, 0.05) is 54.1 Å². The second kappa shape index (κ2) is 10.5. The molecule has 1 fully saturated rings. The zero-order valence-corrected chi connectivity index (χ0v) is 21.0. The molecule has 2 heterocycles. The number of nitrogens with one attached hydrogen (secondary N) is 1. The van der Waals surface area contributed by atoms with Gasteiger partial charge in [-0.1, -0.05) is 54.1 Å². The average Bonchev–Trinajstić information content (AvgIpc) is 2.89. The molecular formula is C27H26ClN5OS. The lowest BCUT2D eigenvalue weighted by Gasteiger charge is -2.37. The summed E-state index contributed by atoms with van der Waals surface area (Å²) in [6, 6.07) is 24.1. The van der Waals surface area contributed by atoms with Crippen molar-refractivity contribution in [3.05, 3.63) is 89.1 Å². The molecule has 8 heteroatoms. The Bertz CT molecular complexity index is 1340. The summed E-state index contributed by atoms with van der Waals surface area (Å²) in [4.78, 5) is 4.48. The van der Waals surface area contributed by atoms with Crippen LogP contribution < -0.4 is 15.0 Å². The summed E-state index contributed by atoms with van der Waals surface area (Å²) in [5.74, 6) is 1.77. The molecule has 0 aliphatic carbocycles. The smallest absolute Gasteiger partial charge is 0.173 e. The number of rotatable bonds is 5. The monoisotopic (exact) mass is 503 g/mol. The molecule has 1 aliphatic heterocycles. The molecule has 178 valence electrons. The van der Waals surface area contributed by atoms with Crippen molar-refractivity contribution >= 4 is 51.2 Å². The summed E-state index contributed by atoms with van der Waals surface area (Å²) >= 11 is 11.7. The van der Waals surface area contributed by atoms with Crippen LogP contribution >= 0.6 is 23.8 Å². The zero-order valence-electron chi connectivity index (χ0n) is 19.4. The molecule has 0 saturated carbocycles. The van der Waals surface area contributed by atoms with Crippen LogP contribution in [-0.2, 0) is 6.42 Å². The molecule has 0 spiro atoms. The number of benzene rings is 3. The lowest BCUT2D eigenvalue weighted by Crippen LogP contribution is -2.50. The fourth-order valence-corrected chi connectivity index (χ4v) is 4.83. The molecule has 1 aromatic heterocycles. The van der Waals surface area contributed by atoms with E-state index >= 15 is 0 Å². The molecular weight excluding hydrogens is 478 g/mol. The first kappa shape index (κ1) is 23.3. The number of methoxy groups -OCH3 is 1. The molecule has 1 saturated heterocycles. The maximum Gasteiger partial charge on any atom is 0.173 e. The Balaban J connectivity index is 1.30. The summed E-state index contributed by atoms with van der Waals surface area (Å²) < 4.78 is 5.27. The molecule has 0 radical (unpaired) electrons. The van der Waals surface area contributed by atoms with E-state index in [1.165, 1.54) is 5.56 Å². The van der Waals surface area contributed by atoms with Crippen LogP contribution in [0, 0.1) is 0 Å². The van der Waals surface area contributed by atoms with Gasteiger partial charge in [0.2, 0.25) is 0 Å². The molecule has 0 atom stereocenters. The number of halogens is 1. The molecule has 1 aliphatic rings. The number of nitrogens with zero attached hydrogens (tertiary/aromatic N) is 4. The molecule has 5 rings (SSSR count). The molecule has 0 unspecified atom stereocenters. The molecule has 0 amide bonds. The van der Waals surface area contributed by atoms with E-state index in [-0.39, 0.29) is 0 Å². The van der Waals surface area contributed by atoms with Crippen LogP contribution in [0.25, 0.3) is 10.8 Å². The van der Waals surface area contributed by atoms with Gasteiger partial charge >= 0.3 is 0 Å². The summed E-state index contributed by atoms with van der Waals surface area (Å²) in [6.45, 7) is 3.23. The maximum atomic E-state index is 6.10. The van der Waals surface area contributed by atoms with E-state index < -0.39 is 0 Å². The fourth-order valence-electron chi connectivity index (χ4n) is 4.34. The largest absolute Gasteiger partial charge is 0.497 e. The predicted molar refractivity (Wildman–Crippen MR) is 147 cm³/mol. The van der Waals surface area contributed by atoms with Crippen molar-refractivity contribution in [2.75, 3.05) is 43.5 Å². The highest BCUT2D eigenvalue weighted by Gasteiger charge is 2.22. The number of anilines is 2. The van der Waals surface area contributed by atoms with Gasteiger partial charge in [0.1, 0.15) is 5.75 Å². The minimum Gasteiger partial charge on any atom is -0.497 e. The minimum atomic E-state index is 0.684. The van der Waals surface area contributed by atoms with Gasteiger partial charge in [0.05, 0.1) is 12.8 Å². The van der Waals surface area contributed by atoms with Gasteiger partial charge in [0.15, 0.2) is 10.9 Å². The summed E-state index contributed by atoms with van der Waals surface area (Å²) in [5.41, 5.74) is 3.04. The summed E-state index contributed by atoms with van der Waals surface area (Å²) in [5, 5.41) is 16.3. The molecule has 6 nitrogen and oxygen atoms in total. The lowest BCUT2D eigenvalue weighted by atomic mass is 10.0. The average molecular weight is 504 g/mol. The quantitative estimate of drug-likeness (QED) is 0.366. The van der Waals surface area contributed by atoms with E-state index in [4.69, 9.17) is 28.6 Å². The Kier molecular flexibility index (Phi) is 6.97. The van der Waals surface area contributed by atoms with Crippen LogP contribution in [0.15, 0.2) is 72.8 Å². The fraction of sp³-hybridized carbons (Fsp3) is 0.222. The lowest BCUT2D eigenvalue weighted by molar-refractivity contribution is 0.389. The SMILES string of the molecule is COc1ccc(Cc2nnc(N3CCN(C(=S)Nc4cccc(Cl)c4)CC3)c3ccccc23)cc1. The highest BCUT2D eigenvalue weighted by molar-refractivity contribution is 7.80. The van der Waals surface area contributed by atoms with Crippen molar-refractivity contribution in [2.24, 2.45) is 0 Å². The van der Waals surface area contributed by atoms with Crippen LogP contribution in [0.3, 0.4) is 0 Å². The number of piperazine rings is 1. The second-order valence-electron chi connectivity index (χ2n) is 8.46. The van der Waals surface area contributed by atoms with Crippen LogP contribution in [0.1, 0.15) is 11.3 Å². The van der Waals surface area contributed by atoms with Gasteiger partial charge in [-0.25, -0.2) is 0 Å². The van der Waals surface area contributed by atoms with E-state index in [0.717, 1.165) is 66.3 Å². The zero-order chi connectivity index (χ0) is 24.2. The van der Waals surface area contributed by atoms with Crippen molar-refractivity contribution < 1.29 is 4.74 Å². The van der Waals surface area contributed by atoms with Crippen LogP contribution in [0.2, 0.25) is 5.02 Å². The highest BCUT2D eigenvalue weighted by atomic mass is 35.5. The van der Waals surface area contributed by atoms with Crippen molar-refractivity contribution in [3.63, 3.8) is 0 Å². The first-order chi connectivity index (χ1) is 17.1. The minimum absolute atomic E-state index is 0.684. The molecule has 4 aromatic rings.